The molecule has 1 aromatic rings. The van der Waals surface area contributed by atoms with Gasteiger partial charge in [0.15, 0.2) is 23.2 Å². The average Bonchev–Trinajstić information content (AvgIpc) is 3.19. The van der Waals surface area contributed by atoms with Gasteiger partial charge in [0.1, 0.15) is 12.0 Å². The Kier molecular flexibility index (Phi) is 11.6. The molecule has 2 heterocycles. The molecular weight excluding hydrogens is 514 g/mol. The number of rotatable bonds is 10. The molecule has 0 saturated heterocycles. The number of aromatic hydroxyl groups is 1. The minimum Gasteiger partial charge on any atom is -0.503 e. The lowest BCUT2D eigenvalue weighted by molar-refractivity contribution is -0.117. The fraction of sp³-hybridized carbons (Fsp3) is 0.438. The predicted molar refractivity (Wildman–Crippen MR) is 123 cm³/mol. The number of aromatic nitrogens is 1. The average molecular weight is 540 g/mol. The number of amides is 1. The summed E-state index contributed by atoms with van der Waals surface area (Å²) in [7, 11) is -4.33. The van der Waals surface area contributed by atoms with Crippen LogP contribution in [0.2, 0.25) is 0 Å². The van der Waals surface area contributed by atoms with Crippen LogP contribution in [0.4, 0.5) is 0 Å². The van der Waals surface area contributed by atoms with Crippen LogP contribution in [0.1, 0.15) is 32.6 Å². The number of aliphatic imine (C=N–C) groups is 1. The Morgan fingerprint density at radius 3 is 2.60 bits per heavy atom. The number of oxime groups is 1. The largest absolute Gasteiger partial charge is 0.503 e. The Morgan fingerprint density at radius 2 is 2.11 bits per heavy atom. The summed E-state index contributed by atoms with van der Waals surface area (Å²) >= 11 is 1.04. The zero-order valence-corrected chi connectivity index (χ0v) is 20.2. The molecule has 0 saturated carbocycles. The van der Waals surface area contributed by atoms with Crippen molar-refractivity contribution in [3.63, 3.8) is 0 Å². The van der Waals surface area contributed by atoms with Crippen molar-refractivity contribution < 1.29 is 42.0 Å². The molecule has 0 radical (unpaired) electrons. The van der Waals surface area contributed by atoms with Gasteiger partial charge in [0.05, 0.1) is 12.7 Å². The van der Waals surface area contributed by atoms with Crippen molar-refractivity contribution in [3.8, 4) is 5.75 Å². The molecule has 19 heteroatoms. The number of nitrogens with two attached hydrogens (primary N) is 1. The van der Waals surface area contributed by atoms with Gasteiger partial charge in [-0.2, -0.15) is 22.9 Å². The minimum absolute atomic E-state index is 0.0170. The molecule has 8 N–H and O–H groups in total. The van der Waals surface area contributed by atoms with Gasteiger partial charge < -0.3 is 30.0 Å². The van der Waals surface area contributed by atoms with Crippen molar-refractivity contribution in [1.29, 1.82) is 0 Å². The van der Waals surface area contributed by atoms with Gasteiger partial charge in [-0.15, -0.1) is 0 Å². The third-order valence-electron chi connectivity index (χ3n) is 3.47. The van der Waals surface area contributed by atoms with Gasteiger partial charge in [0.25, 0.3) is 5.91 Å². The van der Waals surface area contributed by atoms with E-state index in [0.29, 0.717) is 11.0 Å². The van der Waals surface area contributed by atoms with Crippen LogP contribution in [-0.4, -0.2) is 69.8 Å². The molecule has 0 bridgehead atoms. The van der Waals surface area contributed by atoms with Crippen LogP contribution in [0.3, 0.4) is 0 Å². The van der Waals surface area contributed by atoms with Crippen molar-refractivity contribution in [2.24, 2.45) is 15.9 Å². The highest BCUT2D eigenvalue weighted by Crippen LogP contribution is 2.17. The van der Waals surface area contributed by atoms with E-state index in [1.165, 1.54) is 6.92 Å². The Bertz CT molecular complexity index is 1120. The van der Waals surface area contributed by atoms with Crippen LogP contribution < -0.4 is 26.7 Å². The van der Waals surface area contributed by atoms with Crippen LogP contribution in [0.25, 0.3) is 0 Å². The highest BCUT2D eigenvalue weighted by atomic mass is 32.3. The maximum Gasteiger partial charge on any atom is 0.413 e. The van der Waals surface area contributed by atoms with Crippen molar-refractivity contribution >= 4 is 46.1 Å². The van der Waals surface area contributed by atoms with Gasteiger partial charge >= 0.3 is 10.4 Å². The smallest absolute Gasteiger partial charge is 0.413 e. The van der Waals surface area contributed by atoms with E-state index < -0.39 is 39.1 Å². The maximum absolute atomic E-state index is 12.1. The second-order valence-electron chi connectivity index (χ2n) is 6.73. The molecule has 1 aromatic heterocycles. The van der Waals surface area contributed by atoms with Crippen molar-refractivity contribution in [2.45, 2.75) is 38.4 Å². The fourth-order valence-corrected chi connectivity index (χ4v) is 2.84. The number of nitrogens with one attached hydrogen (secondary N) is 3. The van der Waals surface area contributed by atoms with Crippen molar-refractivity contribution in [2.75, 3.05) is 6.54 Å². The number of aldehydes is 1. The predicted octanol–water partition coefficient (Wildman–Crippen LogP) is -1.85. The monoisotopic (exact) mass is 539 g/mol. The summed E-state index contributed by atoms with van der Waals surface area (Å²) in [6.45, 7) is 4.55. The molecule has 1 aliphatic rings. The molecule has 0 spiro atoms. The second-order valence-corrected chi connectivity index (χ2v) is 8.67. The Balaban J connectivity index is 0.000000579. The lowest BCUT2D eigenvalue weighted by Gasteiger charge is -2.14. The molecule has 2 atom stereocenters. The zero-order chi connectivity index (χ0) is 26.8. The molecule has 0 fully saturated rings. The molecular formula is C16H25N7O10S2. The SMILES string of the molecule is CC(C)NOS(=O)(=O)O.CC(O/N=C(\C(=O)NCC=O)C1=NC(N)SN1)c1cc(=O)c(O)cn1O. The Hall–Kier alpha value is -3.23. The second kappa shape index (κ2) is 13.6. The van der Waals surface area contributed by atoms with Gasteiger partial charge in [-0.3, -0.25) is 19.9 Å². The number of hydrogen-bond donors (Lipinski definition) is 7. The molecule has 35 heavy (non-hydrogen) atoms. The third kappa shape index (κ3) is 10.7. The van der Waals surface area contributed by atoms with Gasteiger partial charge in [-0.25, -0.2) is 4.99 Å². The topological polar surface area (TPSA) is 256 Å². The lowest BCUT2D eigenvalue weighted by atomic mass is 10.2. The highest BCUT2D eigenvalue weighted by Gasteiger charge is 2.26. The first kappa shape index (κ1) is 29.8. The van der Waals surface area contributed by atoms with Crippen molar-refractivity contribution in [3.05, 3.63) is 28.2 Å². The standard InChI is InChI=1S/C13H16N6O6S.C3H9NO4S/c1-6(7-4-8(21)9(22)5-19(7)24)25-17-10(12(23)15-2-3-20)11-16-13(14)26-18-11;1-3(2)4-8-9(5,6)7/h3-6,13,22,24H,2,14H2,1H3,(H,15,23)(H,16,18);3-4H,1-2H3,(H,5,6,7)/b17-10-;. The molecule has 2 rings (SSSR count). The summed E-state index contributed by atoms with van der Waals surface area (Å²) < 4.78 is 34.5. The number of hydrogen-bond acceptors (Lipinski definition) is 15. The van der Waals surface area contributed by atoms with Gasteiger partial charge in [0.2, 0.25) is 11.1 Å². The van der Waals surface area contributed by atoms with E-state index in [1.54, 1.807) is 13.8 Å². The van der Waals surface area contributed by atoms with E-state index >= 15 is 0 Å². The highest BCUT2D eigenvalue weighted by molar-refractivity contribution is 7.98. The van der Waals surface area contributed by atoms with Crippen LogP contribution in [0, 0.1) is 0 Å². The number of amidine groups is 1. The first-order valence-corrected chi connectivity index (χ1v) is 11.8. The number of hydroxylamine groups is 1. The van der Waals surface area contributed by atoms with Gasteiger partial charge in [-0.05, 0) is 32.7 Å². The first-order chi connectivity index (χ1) is 16.2. The summed E-state index contributed by atoms with van der Waals surface area (Å²) in [4.78, 5) is 43.2. The van der Waals surface area contributed by atoms with Gasteiger partial charge in [-0.1, -0.05) is 5.16 Å². The minimum atomic E-state index is -4.33. The zero-order valence-electron chi connectivity index (χ0n) is 18.6. The molecule has 2 unspecified atom stereocenters. The van der Waals surface area contributed by atoms with Crippen LogP contribution >= 0.6 is 11.9 Å². The van der Waals surface area contributed by atoms with E-state index in [0.717, 1.165) is 24.2 Å². The van der Waals surface area contributed by atoms with E-state index in [1.807, 2.05) is 5.48 Å². The summed E-state index contributed by atoms with van der Waals surface area (Å²) in [5.41, 5.74) is 5.98. The summed E-state index contributed by atoms with van der Waals surface area (Å²) in [5.74, 6) is -1.33. The Labute approximate surface area is 203 Å². The normalized spacial score (nSPS) is 16.5. The molecule has 196 valence electrons. The quantitative estimate of drug-likeness (QED) is 0.0430. The van der Waals surface area contributed by atoms with E-state index in [-0.39, 0.29) is 29.8 Å². The summed E-state index contributed by atoms with van der Waals surface area (Å²) in [6, 6.07) is 0.811. The van der Waals surface area contributed by atoms with Crippen LogP contribution in [0.15, 0.2) is 27.2 Å². The number of nitrogens with zero attached hydrogens (tertiary/aromatic N) is 3. The van der Waals surface area contributed by atoms with Crippen LogP contribution in [0.5, 0.6) is 5.75 Å². The van der Waals surface area contributed by atoms with E-state index in [4.69, 9.17) is 15.1 Å². The summed E-state index contributed by atoms with van der Waals surface area (Å²) in [6.07, 6.45) is 0.326. The van der Waals surface area contributed by atoms with E-state index in [9.17, 15) is 33.1 Å². The summed E-state index contributed by atoms with van der Waals surface area (Å²) in [5, 5.41) is 25.0. The lowest BCUT2D eigenvalue weighted by Crippen LogP contribution is -2.40. The first-order valence-electron chi connectivity index (χ1n) is 9.52. The fourth-order valence-electron chi connectivity index (χ4n) is 1.99. The molecule has 0 aliphatic carbocycles. The Morgan fingerprint density at radius 1 is 1.46 bits per heavy atom. The van der Waals surface area contributed by atoms with E-state index in [2.05, 4.69) is 24.5 Å². The molecule has 1 aliphatic heterocycles. The number of pyridine rings is 1. The van der Waals surface area contributed by atoms with Crippen molar-refractivity contribution in [1.82, 2.24) is 20.2 Å². The molecule has 0 aromatic carbocycles. The van der Waals surface area contributed by atoms with Gasteiger partial charge in [0, 0.05) is 12.1 Å². The van der Waals surface area contributed by atoms with Crippen LogP contribution in [-0.2, 0) is 29.1 Å². The maximum atomic E-state index is 12.1. The molecule has 1 amide bonds. The third-order valence-corrected chi connectivity index (χ3v) is 4.43. The number of carbonyl (C=O) groups is 2. The molecule has 17 nitrogen and oxygen atoms in total. The number of carbonyl (C=O) groups excluding carboxylic acids is 2.